The molecule has 54 heavy (non-hydrogen) atoms. The van der Waals surface area contributed by atoms with Gasteiger partial charge in [-0.05, 0) is 92.0 Å². The number of methoxy groups -OCH3 is 1. The van der Waals surface area contributed by atoms with Gasteiger partial charge in [0.05, 0.1) is 31.9 Å². The highest BCUT2D eigenvalue weighted by atomic mass is 16.7. The van der Waals surface area contributed by atoms with Crippen LogP contribution in [0.3, 0.4) is 0 Å². The summed E-state index contributed by atoms with van der Waals surface area (Å²) in [6.07, 6.45) is 1.83. The molecule has 3 saturated carbocycles. The molecular weight excluding hydrogens is 682 g/mol. The highest BCUT2D eigenvalue weighted by Gasteiger charge is 2.57. The Labute approximate surface area is 319 Å². The number of hydrogen-bond donors (Lipinski definition) is 4. The number of hydrogen-bond acceptors (Lipinski definition) is 8. The van der Waals surface area contributed by atoms with Crippen molar-refractivity contribution < 1.29 is 34.1 Å². The molecule has 0 spiro atoms. The number of nitrogens with one attached hydrogen (secondary N) is 2. The number of nitrogens with zero attached hydrogens (tertiary/aromatic N) is 1. The molecule has 4 N–H and O–H groups in total. The topological polar surface area (TPSA) is 130 Å². The molecule has 0 aromatic heterocycles. The van der Waals surface area contributed by atoms with E-state index in [2.05, 4.69) is 37.5 Å². The summed E-state index contributed by atoms with van der Waals surface area (Å²) in [6.45, 7) is 12.9. The van der Waals surface area contributed by atoms with E-state index in [1.807, 2.05) is 68.4 Å². The number of carbonyl (C=O) groups excluding carboxylic acids is 2. The zero-order valence-corrected chi connectivity index (χ0v) is 32.7. The molecule has 1 unspecified atom stereocenters. The molecular formula is C44H57N3O7. The fraction of sp³-hybridized carbons (Fsp3) is 0.545. The standard InChI is InChI=1S/C44H57N3O7/c1-25-34-20-31(44(34,5)6)21-35(25)46-42(51)38-37(26(2)49)36(24-48)54-47(38)23-28-14-11-15-32(39(28)52-7)29-18-30-22-43(3,4)53-40(30)33(19-29)41(50)45-17-16-27-12-9-8-10-13-27/h8-15,18-19,25-26,31,34-38,48-49H,16-17,20-24H2,1-7H3,(H,45,50)(H,46,51)/t25-,26-,31?,34-,35-,36-,37-,38-/m0/s1. The molecule has 5 aliphatic rings. The van der Waals surface area contributed by atoms with Gasteiger partial charge in [-0.1, -0.05) is 69.3 Å². The second-order valence-electron chi connectivity index (χ2n) is 17.3. The molecule has 290 valence electrons. The van der Waals surface area contributed by atoms with E-state index in [4.69, 9.17) is 14.3 Å². The van der Waals surface area contributed by atoms with Crippen molar-refractivity contribution >= 4 is 11.8 Å². The molecule has 2 heterocycles. The summed E-state index contributed by atoms with van der Waals surface area (Å²) in [5, 5.41) is 29.4. The fourth-order valence-electron chi connectivity index (χ4n) is 9.93. The Morgan fingerprint density at radius 1 is 1.06 bits per heavy atom. The Morgan fingerprint density at radius 3 is 2.48 bits per heavy atom. The van der Waals surface area contributed by atoms with Crippen molar-refractivity contribution in [1.29, 1.82) is 0 Å². The fourth-order valence-corrected chi connectivity index (χ4v) is 9.93. The molecule has 8 atom stereocenters. The molecule has 3 aliphatic carbocycles. The lowest BCUT2D eigenvalue weighted by Crippen LogP contribution is -2.62. The zero-order valence-electron chi connectivity index (χ0n) is 32.7. The number of ether oxygens (including phenoxy) is 2. The summed E-state index contributed by atoms with van der Waals surface area (Å²) in [5.74, 6) is 1.59. The number of rotatable bonds is 12. The molecule has 2 bridgehead atoms. The normalized spacial score (nSPS) is 28.4. The van der Waals surface area contributed by atoms with Crippen molar-refractivity contribution in [2.45, 2.75) is 104 Å². The van der Waals surface area contributed by atoms with Gasteiger partial charge in [-0.3, -0.25) is 14.4 Å². The number of hydroxylamine groups is 2. The zero-order chi connectivity index (χ0) is 38.5. The van der Waals surface area contributed by atoms with Crippen molar-refractivity contribution in [2.24, 2.45) is 29.1 Å². The predicted octanol–water partition coefficient (Wildman–Crippen LogP) is 5.71. The summed E-state index contributed by atoms with van der Waals surface area (Å²) >= 11 is 0. The van der Waals surface area contributed by atoms with Gasteiger partial charge in [0, 0.05) is 36.1 Å². The van der Waals surface area contributed by atoms with Crippen molar-refractivity contribution in [3.05, 3.63) is 82.9 Å². The first kappa shape index (κ1) is 38.3. The van der Waals surface area contributed by atoms with E-state index in [1.54, 1.807) is 19.1 Å². The average molecular weight is 740 g/mol. The second-order valence-corrected chi connectivity index (χ2v) is 17.3. The van der Waals surface area contributed by atoms with Crippen LogP contribution in [0.15, 0.2) is 60.7 Å². The molecule has 10 heteroatoms. The molecule has 3 aromatic carbocycles. The molecule has 10 nitrogen and oxygen atoms in total. The van der Waals surface area contributed by atoms with Crippen molar-refractivity contribution in [2.75, 3.05) is 20.3 Å². The maximum absolute atomic E-state index is 14.3. The smallest absolute Gasteiger partial charge is 0.255 e. The monoisotopic (exact) mass is 739 g/mol. The molecule has 0 radical (unpaired) electrons. The van der Waals surface area contributed by atoms with Crippen LogP contribution in [-0.2, 0) is 29.0 Å². The van der Waals surface area contributed by atoms with Gasteiger partial charge in [0.2, 0.25) is 5.91 Å². The number of fused-ring (bicyclic) bond motifs is 3. The lowest BCUT2D eigenvalue weighted by atomic mass is 9.45. The summed E-state index contributed by atoms with van der Waals surface area (Å²) in [4.78, 5) is 34.3. The quantitative estimate of drug-likeness (QED) is 0.186. The number of para-hydroxylation sites is 1. The van der Waals surface area contributed by atoms with Crippen LogP contribution in [0.1, 0.15) is 81.4 Å². The third kappa shape index (κ3) is 7.14. The Bertz CT molecular complexity index is 1860. The summed E-state index contributed by atoms with van der Waals surface area (Å²) in [7, 11) is 1.61. The van der Waals surface area contributed by atoms with Crippen molar-refractivity contribution in [1.82, 2.24) is 15.7 Å². The second kappa shape index (κ2) is 14.9. The van der Waals surface area contributed by atoms with Crippen LogP contribution >= 0.6 is 0 Å². The third-order valence-electron chi connectivity index (χ3n) is 12.9. The highest BCUT2D eigenvalue weighted by Crippen LogP contribution is 2.61. The number of amides is 2. The number of aliphatic hydroxyl groups is 2. The van der Waals surface area contributed by atoms with Gasteiger partial charge in [0.25, 0.3) is 5.91 Å². The van der Waals surface area contributed by atoms with E-state index < -0.39 is 29.8 Å². The maximum atomic E-state index is 14.3. The van der Waals surface area contributed by atoms with E-state index >= 15 is 0 Å². The molecule has 1 saturated heterocycles. The van der Waals surface area contributed by atoms with Crippen LogP contribution in [0.2, 0.25) is 0 Å². The van der Waals surface area contributed by atoms with E-state index in [-0.39, 0.29) is 36.4 Å². The Morgan fingerprint density at radius 2 is 1.81 bits per heavy atom. The van der Waals surface area contributed by atoms with Gasteiger partial charge in [-0.2, -0.15) is 5.06 Å². The summed E-state index contributed by atoms with van der Waals surface area (Å²) < 4.78 is 12.4. The van der Waals surface area contributed by atoms with Gasteiger partial charge in [-0.15, -0.1) is 0 Å². The minimum Gasteiger partial charge on any atom is -0.496 e. The van der Waals surface area contributed by atoms with Crippen LogP contribution < -0.4 is 20.1 Å². The number of benzene rings is 3. The highest BCUT2D eigenvalue weighted by molar-refractivity contribution is 5.99. The molecule has 3 aromatic rings. The largest absolute Gasteiger partial charge is 0.496 e. The number of aliphatic hydroxyl groups excluding tert-OH is 2. The van der Waals surface area contributed by atoms with Gasteiger partial charge in [0.1, 0.15) is 29.2 Å². The van der Waals surface area contributed by atoms with Crippen LogP contribution in [0.4, 0.5) is 0 Å². The lowest BCUT2D eigenvalue weighted by molar-refractivity contribution is -0.183. The maximum Gasteiger partial charge on any atom is 0.255 e. The summed E-state index contributed by atoms with van der Waals surface area (Å²) in [5.41, 5.74) is 4.72. The van der Waals surface area contributed by atoms with Crippen molar-refractivity contribution in [3.8, 4) is 22.6 Å². The third-order valence-corrected chi connectivity index (χ3v) is 12.9. The lowest BCUT2D eigenvalue weighted by Gasteiger charge is -2.62. The predicted molar refractivity (Wildman–Crippen MR) is 207 cm³/mol. The van der Waals surface area contributed by atoms with E-state index in [9.17, 15) is 19.8 Å². The summed E-state index contributed by atoms with van der Waals surface area (Å²) in [6, 6.07) is 19.0. The Balaban J connectivity index is 1.17. The minimum absolute atomic E-state index is 0.0373. The first-order valence-electron chi connectivity index (χ1n) is 19.6. The van der Waals surface area contributed by atoms with E-state index in [0.717, 1.165) is 34.2 Å². The molecule has 8 rings (SSSR count). The molecule has 4 fully saturated rings. The first-order chi connectivity index (χ1) is 25.7. The van der Waals surface area contributed by atoms with Gasteiger partial charge >= 0.3 is 0 Å². The van der Waals surface area contributed by atoms with Crippen LogP contribution in [0, 0.1) is 29.1 Å². The van der Waals surface area contributed by atoms with Crippen molar-refractivity contribution in [3.63, 3.8) is 0 Å². The van der Waals surface area contributed by atoms with Gasteiger partial charge in [-0.25, -0.2) is 0 Å². The van der Waals surface area contributed by atoms with Gasteiger partial charge in [0.15, 0.2) is 0 Å². The SMILES string of the molecule is COc1c(CN2O[C@@H](CO)[C@H]([C@H](C)O)[C@H]2C(=O)N[C@H]2CC3C[C@@H]([C@@H]2C)C3(C)C)cccc1-c1cc2c(c(C(=O)NCCc3ccccc3)c1)OC(C)(C)C2. The van der Waals surface area contributed by atoms with Crippen LogP contribution in [-0.4, -0.2) is 77.2 Å². The van der Waals surface area contributed by atoms with Gasteiger partial charge < -0.3 is 30.3 Å². The molecule has 2 amide bonds. The molecule has 2 aliphatic heterocycles. The Kier molecular flexibility index (Phi) is 10.6. The average Bonchev–Trinajstić information content (AvgIpc) is 3.67. The van der Waals surface area contributed by atoms with E-state index in [1.165, 1.54) is 6.42 Å². The van der Waals surface area contributed by atoms with E-state index in [0.29, 0.717) is 54.2 Å². The number of carbonyl (C=O) groups is 2. The first-order valence-corrected chi connectivity index (χ1v) is 19.6. The van der Waals surface area contributed by atoms with Crippen LogP contribution in [0.25, 0.3) is 11.1 Å². The van der Waals surface area contributed by atoms with Crippen LogP contribution in [0.5, 0.6) is 11.5 Å². The Hall–Kier alpha value is -3.96. The minimum atomic E-state index is -0.901.